The molecule has 1 aromatic heterocycles. The van der Waals surface area contributed by atoms with Crippen molar-refractivity contribution in [1.82, 2.24) is 9.71 Å². The summed E-state index contributed by atoms with van der Waals surface area (Å²) in [7, 11) is -3.80. The highest BCUT2D eigenvalue weighted by Gasteiger charge is 2.16. The lowest BCUT2D eigenvalue weighted by atomic mass is 10.2. The zero-order valence-electron chi connectivity index (χ0n) is 10.8. The number of rotatable bonds is 4. The quantitative estimate of drug-likeness (QED) is 0.839. The third-order valence-electron chi connectivity index (χ3n) is 2.83. The molecule has 0 bridgehead atoms. The van der Waals surface area contributed by atoms with E-state index in [-0.39, 0.29) is 17.1 Å². The van der Waals surface area contributed by atoms with E-state index >= 15 is 0 Å². The van der Waals surface area contributed by atoms with Crippen LogP contribution in [0.1, 0.15) is 11.3 Å². The molecule has 1 aromatic carbocycles. The van der Waals surface area contributed by atoms with E-state index in [4.69, 9.17) is 5.73 Å². The summed E-state index contributed by atoms with van der Waals surface area (Å²) in [4.78, 5) is 3.92. The molecule has 0 fully saturated rings. The van der Waals surface area contributed by atoms with E-state index in [0.29, 0.717) is 5.69 Å². The van der Waals surface area contributed by atoms with Gasteiger partial charge >= 0.3 is 0 Å². The lowest BCUT2D eigenvalue weighted by Crippen LogP contribution is -2.24. The predicted molar refractivity (Wildman–Crippen MR) is 73.8 cm³/mol. The zero-order chi connectivity index (χ0) is 14.8. The zero-order valence-corrected chi connectivity index (χ0v) is 11.6. The minimum Gasteiger partial charge on any atom is -0.396 e. The molecule has 0 unspecified atom stereocenters. The third kappa shape index (κ3) is 3.12. The van der Waals surface area contributed by atoms with Gasteiger partial charge < -0.3 is 5.73 Å². The van der Waals surface area contributed by atoms with E-state index in [1.165, 1.54) is 12.1 Å². The Kier molecular flexibility index (Phi) is 4.01. The molecule has 0 aliphatic heterocycles. The molecule has 0 aliphatic rings. The Labute approximate surface area is 116 Å². The molecule has 0 radical (unpaired) electrons. The highest BCUT2D eigenvalue weighted by Crippen LogP contribution is 2.16. The van der Waals surface area contributed by atoms with Crippen LogP contribution in [0.3, 0.4) is 0 Å². The van der Waals surface area contributed by atoms with Crippen molar-refractivity contribution in [3.8, 4) is 0 Å². The number of hydrogen-bond donors (Lipinski definition) is 2. The number of nitrogens with one attached hydrogen (secondary N) is 1. The first-order chi connectivity index (χ1) is 9.40. The lowest BCUT2D eigenvalue weighted by Gasteiger charge is -2.08. The van der Waals surface area contributed by atoms with Gasteiger partial charge in [-0.15, -0.1) is 0 Å². The Bertz CT molecular complexity index is 732. The number of benzene rings is 1. The summed E-state index contributed by atoms with van der Waals surface area (Å²) in [6, 6.07) is 6.97. The Morgan fingerprint density at radius 2 is 2.10 bits per heavy atom. The number of anilines is 1. The summed E-state index contributed by atoms with van der Waals surface area (Å²) in [5.41, 5.74) is 6.71. The fourth-order valence-electron chi connectivity index (χ4n) is 1.63. The molecule has 0 saturated carbocycles. The topological polar surface area (TPSA) is 85.1 Å². The average Bonchev–Trinajstić information content (AvgIpc) is 2.41. The van der Waals surface area contributed by atoms with E-state index in [2.05, 4.69) is 9.71 Å². The van der Waals surface area contributed by atoms with Crippen molar-refractivity contribution < 1.29 is 12.8 Å². The van der Waals surface area contributed by atoms with Gasteiger partial charge in [-0.3, -0.25) is 4.98 Å². The molecular formula is C13H14FN3O2S. The number of hydrogen-bond acceptors (Lipinski definition) is 4. The summed E-state index contributed by atoms with van der Waals surface area (Å²) < 4.78 is 39.8. The summed E-state index contributed by atoms with van der Waals surface area (Å²) in [5, 5.41) is 0. The van der Waals surface area contributed by atoms with Gasteiger partial charge in [0.1, 0.15) is 5.82 Å². The van der Waals surface area contributed by atoms with Crippen LogP contribution in [0.15, 0.2) is 41.4 Å². The van der Waals surface area contributed by atoms with E-state index in [1.807, 2.05) is 13.0 Å². The smallest absolute Gasteiger partial charge is 0.241 e. The molecule has 1 heterocycles. The maximum absolute atomic E-state index is 13.3. The van der Waals surface area contributed by atoms with Crippen LogP contribution in [0.4, 0.5) is 10.1 Å². The third-order valence-corrected chi connectivity index (χ3v) is 4.23. The first kappa shape index (κ1) is 14.4. The molecule has 3 N–H and O–H groups in total. The van der Waals surface area contributed by atoms with Crippen LogP contribution in [0, 0.1) is 12.7 Å². The number of aryl methyl sites for hydroxylation is 1. The molecule has 0 spiro atoms. The van der Waals surface area contributed by atoms with Crippen molar-refractivity contribution in [1.29, 1.82) is 0 Å². The SMILES string of the molecule is Cc1cccnc1CNS(=O)(=O)c1ccc(N)c(F)c1. The van der Waals surface area contributed by atoms with E-state index < -0.39 is 15.8 Å². The lowest BCUT2D eigenvalue weighted by molar-refractivity contribution is 0.577. The maximum Gasteiger partial charge on any atom is 0.241 e. The summed E-state index contributed by atoms with van der Waals surface area (Å²) in [6.45, 7) is 1.88. The second-order valence-electron chi connectivity index (χ2n) is 4.27. The van der Waals surface area contributed by atoms with Crippen molar-refractivity contribution in [3.63, 3.8) is 0 Å². The normalized spacial score (nSPS) is 11.5. The summed E-state index contributed by atoms with van der Waals surface area (Å²) in [5.74, 6) is -0.762. The monoisotopic (exact) mass is 295 g/mol. The van der Waals surface area contributed by atoms with Crippen LogP contribution in [0.5, 0.6) is 0 Å². The van der Waals surface area contributed by atoms with E-state index in [0.717, 1.165) is 11.6 Å². The molecule has 2 rings (SSSR count). The van der Waals surface area contributed by atoms with Crippen molar-refractivity contribution in [2.45, 2.75) is 18.4 Å². The number of sulfonamides is 1. The number of aromatic nitrogens is 1. The van der Waals surface area contributed by atoms with Crippen LogP contribution in [0.25, 0.3) is 0 Å². The van der Waals surface area contributed by atoms with Crippen LogP contribution < -0.4 is 10.5 Å². The molecule has 0 saturated heterocycles. The maximum atomic E-state index is 13.3. The number of pyridine rings is 1. The van der Waals surface area contributed by atoms with Crippen molar-refractivity contribution in [2.24, 2.45) is 0 Å². The Balaban J connectivity index is 2.19. The number of nitrogen functional groups attached to an aromatic ring is 1. The van der Waals surface area contributed by atoms with Gasteiger partial charge in [-0.2, -0.15) is 0 Å². The highest BCUT2D eigenvalue weighted by molar-refractivity contribution is 7.89. The van der Waals surface area contributed by atoms with Crippen LogP contribution in [-0.2, 0) is 16.6 Å². The Morgan fingerprint density at radius 1 is 1.35 bits per heavy atom. The molecule has 2 aromatic rings. The van der Waals surface area contributed by atoms with Gasteiger partial charge in [-0.1, -0.05) is 6.07 Å². The Morgan fingerprint density at radius 3 is 2.75 bits per heavy atom. The van der Waals surface area contributed by atoms with E-state index in [9.17, 15) is 12.8 Å². The van der Waals surface area contributed by atoms with Crippen LogP contribution in [0.2, 0.25) is 0 Å². The molecule has 0 amide bonds. The van der Waals surface area contributed by atoms with E-state index in [1.54, 1.807) is 12.3 Å². The van der Waals surface area contributed by atoms with Crippen molar-refractivity contribution >= 4 is 15.7 Å². The fraction of sp³-hybridized carbons (Fsp3) is 0.154. The minimum atomic E-state index is -3.80. The second kappa shape index (κ2) is 5.56. The van der Waals surface area contributed by atoms with Gasteiger partial charge in [0.2, 0.25) is 10.0 Å². The predicted octanol–water partition coefficient (Wildman–Crippen LogP) is 1.59. The van der Waals surface area contributed by atoms with Gasteiger partial charge in [-0.25, -0.2) is 17.5 Å². The second-order valence-corrected chi connectivity index (χ2v) is 6.04. The first-order valence-electron chi connectivity index (χ1n) is 5.85. The van der Waals surface area contributed by atoms with Gasteiger partial charge in [0, 0.05) is 6.20 Å². The number of nitrogens with zero attached hydrogens (tertiary/aromatic N) is 1. The number of nitrogens with two attached hydrogens (primary N) is 1. The number of halogens is 1. The fourth-order valence-corrected chi connectivity index (χ4v) is 2.62. The summed E-state index contributed by atoms with van der Waals surface area (Å²) in [6.07, 6.45) is 1.58. The molecule has 7 heteroatoms. The van der Waals surface area contributed by atoms with Gasteiger partial charge in [0.05, 0.1) is 22.8 Å². The van der Waals surface area contributed by atoms with Crippen molar-refractivity contribution in [2.75, 3.05) is 5.73 Å². The van der Waals surface area contributed by atoms with Crippen LogP contribution >= 0.6 is 0 Å². The molecule has 0 aliphatic carbocycles. The van der Waals surface area contributed by atoms with Crippen molar-refractivity contribution in [3.05, 3.63) is 53.6 Å². The Hall–Kier alpha value is -1.99. The van der Waals surface area contributed by atoms with Gasteiger partial charge in [0.15, 0.2) is 0 Å². The highest BCUT2D eigenvalue weighted by atomic mass is 32.2. The molecule has 0 atom stereocenters. The van der Waals surface area contributed by atoms with Gasteiger partial charge in [0.25, 0.3) is 0 Å². The molecule has 20 heavy (non-hydrogen) atoms. The average molecular weight is 295 g/mol. The minimum absolute atomic E-state index is 0.0427. The van der Waals surface area contributed by atoms with Crippen LogP contribution in [-0.4, -0.2) is 13.4 Å². The summed E-state index contributed by atoms with van der Waals surface area (Å²) >= 11 is 0. The largest absolute Gasteiger partial charge is 0.396 e. The molecule has 106 valence electrons. The first-order valence-corrected chi connectivity index (χ1v) is 7.33. The molecule has 5 nitrogen and oxygen atoms in total. The van der Waals surface area contributed by atoms with Gasteiger partial charge in [-0.05, 0) is 36.8 Å². The standard InChI is InChI=1S/C13H14FN3O2S/c1-9-3-2-6-16-13(9)8-17-20(18,19)10-4-5-12(15)11(14)7-10/h2-7,17H,8,15H2,1H3. The molecular weight excluding hydrogens is 281 g/mol.